The van der Waals surface area contributed by atoms with Gasteiger partial charge in [-0.05, 0) is 19.9 Å². The molecule has 1 unspecified atom stereocenters. The van der Waals surface area contributed by atoms with Crippen molar-refractivity contribution in [1.82, 2.24) is 10.2 Å². The summed E-state index contributed by atoms with van der Waals surface area (Å²) >= 11 is 0. The number of rotatable bonds is 4. The quantitative estimate of drug-likeness (QED) is 0.635. The molecule has 0 bridgehead atoms. The van der Waals surface area contributed by atoms with Crippen molar-refractivity contribution in [2.45, 2.75) is 25.8 Å². The zero-order valence-electron chi connectivity index (χ0n) is 8.21. The third-order valence-corrected chi connectivity index (χ3v) is 2.52. The highest BCUT2D eigenvalue weighted by Crippen LogP contribution is 2.08. The topological polar surface area (TPSA) is 15.3 Å². The normalized spacial score (nSPS) is 21.2. The molecule has 1 heterocycles. The molecule has 0 saturated heterocycles. The van der Waals surface area contributed by atoms with E-state index < -0.39 is 0 Å². The summed E-state index contributed by atoms with van der Waals surface area (Å²) < 4.78 is 0. The van der Waals surface area contributed by atoms with Crippen molar-refractivity contribution in [3.05, 3.63) is 12.2 Å². The van der Waals surface area contributed by atoms with Crippen LogP contribution in [0.3, 0.4) is 0 Å². The van der Waals surface area contributed by atoms with Crippen LogP contribution in [-0.2, 0) is 0 Å². The second-order valence-electron chi connectivity index (χ2n) is 3.37. The molecule has 0 aromatic rings. The van der Waals surface area contributed by atoms with E-state index in [0.29, 0.717) is 0 Å². The Bertz CT molecular complexity index is 143. The minimum absolute atomic E-state index is 0.722. The molecule has 0 amide bonds. The largest absolute Gasteiger partial charge is 0.318 e. The highest BCUT2D eigenvalue weighted by atomic mass is 15.2. The van der Waals surface area contributed by atoms with E-state index in [4.69, 9.17) is 0 Å². The van der Waals surface area contributed by atoms with Crippen LogP contribution in [0.1, 0.15) is 19.8 Å². The minimum Gasteiger partial charge on any atom is -0.318 e. The van der Waals surface area contributed by atoms with Crippen LogP contribution in [0, 0.1) is 0 Å². The van der Waals surface area contributed by atoms with Crippen LogP contribution in [0.15, 0.2) is 12.2 Å². The highest BCUT2D eigenvalue weighted by molar-refractivity contribution is 4.93. The van der Waals surface area contributed by atoms with Crippen LogP contribution in [0.5, 0.6) is 0 Å². The average molecular weight is 168 g/mol. The zero-order valence-corrected chi connectivity index (χ0v) is 8.21. The van der Waals surface area contributed by atoms with Gasteiger partial charge in [0.2, 0.25) is 0 Å². The minimum atomic E-state index is 0.722. The Labute approximate surface area is 75.6 Å². The van der Waals surface area contributed by atoms with Crippen molar-refractivity contribution in [3.63, 3.8) is 0 Å². The fourth-order valence-corrected chi connectivity index (χ4v) is 1.76. The second kappa shape index (κ2) is 5.33. The van der Waals surface area contributed by atoms with Gasteiger partial charge in [0.05, 0.1) is 0 Å². The van der Waals surface area contributed by atoms with Crippen LogP contribution < -0.4 is 5.32 Å². The van der Waals surface area contributed by atoms with Crippen molar-refractivity contribution < 1.29 is 0 Å². The van der Waals surface area contributed by atoms with Crippen molar-refractivity contribution in [3.8, 4) is 0 Å². The predicted octanol–water partition coefficient (Wildman–Crippen LogP) is 1.25. The van der Waals surface area contributed by atoms with Crippen LogP contribution in [0.4, 0.5) is 0 Å². The summed E-state index contributed by atoms with van der Waals surface area (Å²) in [5, 5.41) is 3.25. The van der Waals surface area contributed by atoms with E-state index in [9.17, 15) is 0 Å². The second-order valence-corrected chi connectivity index (χ2v) is 3.37. The van der Waals surface area contributed by atoms with Gasteiger partial charge in [-0.25, -0.2) is 0 Å². The SMILES string of the molecule is CCC(CNC)N1CC=CCC1. The van der Waals surface area contributed by atoms with E-state index in [1.165, 1.54) is 19.4 Å². The molecule has 0 fully saturated rings. The van der Waals surface area contributed by atoms with Gasteiger partial charge in [0.15, 0.2) is 0 Å². The molecule has 1 aliphatic heterocycles. The van der Waals surface area contributed by atoms with E-state index in [0.717, 1.165) is 19.1 Å². The van der Waals surface area contributed by atoms with Gasteiger partial charge in [-0.1, -0.05) is 19.1 Å². The number of hydrogen-bond donors (Lipinski definition) is 1. The summed E-state index contributed by atoms with van der Waals surface area (Å²) in [5.74, 6) is 0. The van der Waals surface area contributed by atoms with E-state index in [-0.39, 0.29) is 0 Å². The van der Waals surface area contributed by atoms with Gasteiger partial charge in [-0.2, -0.15) is 0 Å². The van der Waals surface area contributed by atoms with Gasteiger partial charge in [0.25, 0.3) is 0 Å². The van der Waals surface area contributed by atoms with Gasteiger partial charge in [0, 0.05) is 25.7 Å². The molecule has 2 nitrogen and oxygen atoms in total. The summed E-state index contributed by atoms with van der Waals surface area (Å²) in [6.45, 7) is 5.75. The molecule has 0 aromatic carbocycles. The van der Waals surface area contributed by atoms with Crippen LogP contribution in [-0.4, -0.2) is 37.6 Å². The first kappa shape index (κ1) is 9.75. The number of likely N-dealkylation sites (N-methyl/N-ethyl adjacent to an activating group) is 1. The first-order valence-corrected chi connectivity index (χ1v) is 4.92. The molecule has 0 aliphatic carbocycles. The van der Waals surface area contributed by atoms with Gasteiger partial charge in [-0.15, -0.1) is 0 Å². The van der Waals surface area contributed by atoms with Crippen molar-refractivity contribution in [1.29, 1.82) is 0 Å². The maximum atomic E-state index is 3.25. The van der Waals surface area contributed by atoms with Crippen molar-refractivity contribution >= 4 is 0 Å². The molecule has 0 saturated carbocycles. The van der Waals surface area contributed by atoms with Gasteiger partial charge < -0.3 is 5.32 Å². The van der Waals surface area contributed by atoms with E-state index in [2.05, 4.69) is 29.3 Å². The molecule has 1 rings (SSSR count). The molecule has 2 heteroatoms. The summed E-state index contributed by atoms with van der Waals surface area (Å²) in [6, 6.07) is 0.722. The highest BCUT2D eigenvalue weighted by Gasteiger charge is 2.15. The maximum Gasteiger partial charge on any atom is 0.0221 e. The third-order valence-electron chi connectivity index (χ3n) is 2.52. The first-order chi connectivity index (χ1) is 5.88. The molecule has 0 radical (unpaired) electrons. The summed E-state index contributed by atoms with van der Waals surface area (Å²) in [4.78, 5) is 2.55. The lowest BCUT2D eigenvalue weighted by molar-refractivity contribution is 0.206. The molecule has 12 heavy (non-hydrogen) atoms. The molecule has 1 aliphatic rings. The first-order valence-electron chi connectivity index (χ1n) is 4.92. The Morgan fingerprint density at radius 2 is 2.33 bits per heavy atom. The predicted molar refractivity (Wildman–Crippen MR) is 53.3 cm³/mol. The summed E-state index contributed by atoms with van der Waals surface area (Å²) in [6.07, 6.45) is 7.03. The molecular weight excluding hydrogens is 148 g/mol. The Hall–Kier alpha value is -0.340. The lowest BCUT2D eigenvalue weighted by Gasteiger charge is -2.31. The lowest BCUT2D eigenvalue weighted by Crippen LogP contribution is -2.42. The monoisotopic (exact) mass is 168 g/mol. The van der Waals surface area contributed by atoms with E-state index >= 15 is 0 Å². The number of hydrogen-bond acceptors (Lipinski definition) is 2. The Kier molecular flexibility index (Phi) is 4.33. The molecule has 1 N–H and O–H groups in total. The van der Waals surface area contributed by atoms with Crippen molar-refractivity contribution in [2.75, 3.05) is 26.7 Å². The Morgan fingerprint density at radius 1 is 1.50 bits per heavy atom. The maximum absolute atomic E-state index is 3.25. The average Bonchev–Trinajstić information content (AvgIpc) is 2.15. The number of nitrogens with zero attached hydrogens (tertiary/aromatic N) is 1. The van der Waals surface area contributed by atoms with Gasteiger partial charge in [0.1, 0.15) is 0 Å². The molecule has 0 spiro atoms. The summed E-state index contributed by atoms with van der Waals surface area (Å²) in [7, 11) is 2.03. The Balaban J connectivity index is 2.36. The van der Waals surface area contributed by atoms with E-state index in [1.54, 1.807) is 0 Å². The van der Waals surface area contributed by atoms with Crippen LogP contribution >= 0.6 is 0 Å². The van der Waals surface area contributed by atoms with Crippen LogP contribution in [0.2, 0.25) is 0 Å². The van der Waals surface area contributed by atoms with Gasteiger partial charge in [-0.3, -0.25) is 4.90 Å². The van der Waals surface area contributed by atoms with E-state index in [1.807, 2.05) is 7.05 Å². The fraction of sp³-hybridized carbons (Fsp3) is 0.800. The van der Waals surface area contributed by atoms with Gasteiger partial charge >= 0.3 is 0 Å². The third kappa shape index (κ3) is 2.61. The number of nitrogens with one attached hydrogen (secondary N) is 1. The van der Waals surface area contributed by atoms with Crippen molar-refractivity contribution in [2.24, 2.45) is 0 Å². The smallest absolute Gasteiger partial charge is 0.0221 e. The Morgan fingerprint density at radius 3 is 2.83 bits per heavy atom. The standard InChI is InChI=1S/C10H20N2/c1-3-10(9-11-2)12-7-5-4-6-8-12/h4-5,10-11H,3,6-9H2,1-2H3. The molecule has 70 valence electrons. The molecular formula is C10H20N2. The zero-order chi connectivity index (χ0) is 8.81. The molecule has 1 atom stereocenters. The lowest BCUT2D eigenvalue weighted by atomic mass is 10.1. The molecule has 0 aromatic heterocycles. The summed E-state index contributed by atoms with van der Waals surface area (Å²) in [5.41, 5.74) is 0. The fourth-order valence-electron chi connectivity index (χ4n) is 1.76. The van der Waals surface area contributed by atoms with Crippen LogP contribution in [0.25, 0.3) is 0 Å².